The largest absolute Gasteiger partial charge is 0.352 e. The molecule has 4 rings (SSSR count). The van der Waals surface area contributed by atoms with Gasteiger partial charge in [0.25, 0.3) is 0 Å². The lowest BCUT2D eigenvalue weighted by atomic mass is 10.0. The first-order valence-corrected chi connectivity index (χ1v) is 10.8. The van der Waals surface area contributed by atoms with E-state index < -0.39 is 0 Å². The second kappa shape index (κ2) is 8.45. The molecule has 0 radical (unpaired) electrons. The number of unbranched alkanes of at least 4 members (excludes halogenated alkanes) is 1. The van der Waals surface area contributed by atoms with Crippen molar-refractivity contribution in [1.82, 2.24) is 19.8 Å². The third-order valence-corrected chi connectivity index (χ3v) is 5.97. The number of halogens is 1. The van der Waals surface area contributed by atoms with Gasteiger partial charge in [-0.25, -0.2) is 0 Å². The van der Waals surface area contributed by atoms with E-state index in [2.05, 4.69) is 85.2 Å². The molecule has 0 saturated carbocycles. The highest BCUT2D eigenvalue weighted by atomic mass is 79.9. The highest BCUT2D eigenvalue weighted by Gasteiger charge is 2.40. The van der Waals surface area contributed by atoms with Crippen molar-refractivity contribution in [1.29, 1.82) is 0 Å². The third kappa shape index (κ3) is 3.71. The molecule has 1 aromatic carbocycles. The summed E-state index contributed by atoms with van der Waals surface area (Å²) in [5.74, 6) is 0. The molecule has 1 fully saturated rings. The Morgan fingerprint density at radius 3 is 2.79 bits per heavy atom. The zero-order valence-corrected chi connectivity index (χ0v) is 18.2. The minimum absolute atomic E-state index is 0.0198. The lowest BCUT2D eigenvalue weighted by Crippen LogP contribution is -2.31. The van der Waals surface area contributed by atoms with Crippen molar-refractivity contribution in [3.8, 4) is 5.69 Å². The van der Waals surface area contributed by atoms with Gasteiger partial charge in [0.05, 0.1) is 17.8 Å². The Hall–Kier alpha value is -2.18. The number of hydrogen-bond acceptors (Lipinski definition) is 2. The van der Waals surface area contributed by atoms with E-state index in [0.717, 1.165) is 40.4 Å². The summed E-state index contributed by atoms with van der Waals surface area (Å²) in [6.45, 7) is 3.14. The highest BCUT2D eigenvalue weighted by molar-refractivity contribution is 9.10. The number of hydrogen-bond donors (Lipinski definition) is 1. The summed E-state index contributed by atoms with van der Waals surface area (Å²) in [5.41, 5.74) is 3.34. The summed E-state index contributed by atoms with van der Waals surface area (Å²) in [4.78, 5) is 6.94. The van der Waals surface area contributed by atoms with Gasteiger partial charge in [0.2, 0.25) is 0 Å². The van der Waals surface area contributed by atoms with E-state index in [1.807, 2.05) is 24.4 Å². The van der Waals surface area contributed by atoms with Gasteiger partial charge in [-0.2, -0.15) is 0 Å². The Morgan fingerprint density at radius 1 is 1.14 bits per heavy atom. The molecule has 6 heteroatoms. The van der Waals surface area contributed by atoms with Gasteiger partial charge in [0, 0.05) is 34.8 Å². The maximum absolute atomic E-state index is 5.73. The van der Waals surface area contributed by atoms with Gasteiger partial charge in [-0.3, -0.25) is 4.98 Å². The number of benzene rings is 1. The molecule has 1 N–H and O–H groups in total. The number of aromatic nitrogens is 2. The van der Waals surface area contributed by atoms with Crippen LogP contribution in [0.5, 0.6) is 0 Å². The van der Waals surface area contributed by atoms with Crippen molar-refractivity contribution >= 4 is 33.3 Å². The fraction of sp³-hybridized carbons (Fsp3) is 0.273. The average molecular weight is 455 g/mol. The molecule has 1 saturated heterocycles. The molecular formula is C22H23BrN4S. The van der Waals surface area contributed by atoms with Crippen molar-refractivity contribution in [2.24, 2.45) is 0 Å². The summed E-state index contributed by atoms with van der Waals surface area (Å²) < 4.78 is 3.31. The summed E-state index contributed by atoms with van der Waals surface area (Å²) in [7, 11) is 0. The zero-order chi connectivity index (χ0) is 19.5. The Morgan fingerprint density at radius 2 is 2.04 bits per heavy atom. The Labute approximate surface area is 179 Å². The molecule has 2 atom stereocenters. The number of thiocarbonyl (C=S) groups is 1. The van der Waals surface area contributed by atoms with Crippen molar-refractivity contribution in [3.63, 3.8) is 0 Å². The summed E-state index contributed by atoms with van der Waals surface area (Å²) >= 11 is 9.33. The molecule has 28 heavy (non-hydrogen) atoms. The molecular weight excluding hydrogens is 432 g/mol. The van der Waals surface area contributed by atoms with E-state index in [0.29, 0.717) is 0 Å². The molecule has 0 spiro atoms. The summed E-state index contributed by atoms with van der Waals surface area (Å²) in [6.07, 6.45) is 6.20. The maximum atomic E-state index is 5.73. The van der Waals surface area contributed by atoms with Gasteiger partial charge in [0.1, 0.15) is 0 Å². The number of nitrogens with zero attached hydrogens (tertiary/aromatic N) is 3. The quantitative estimate of drug-likeness (QED) is 0.504. The van der Waals surface area contributed by atoms with Crippen LogP contribution in [0.4, 0.5) is 0 Å². The van der Waals surface area contributed by atoms with Crippen LogP contribution in [0.15, 0.2) is 71.5 Å². The van der Waals surface area contributed by atoms with Crippen molar-refractivity contribution in [3.05, 3.63) is 82.9 Å². The standard InChI is InChI=1S/C22H23BrN4S/c1-2-3-13-27-21(20(25-22(27)28)18-10-4-5-12-24-18)19-11-7-14-26(19)17-9-6-8-16(23)15-17/h4-12,14-15,20-21H,2-3,13H2,1H3,(H,25,28). The van der Waals surface area contributed by atoms with Gasteiger partial charge in [-0.05, 0) is 61.1 Å². The maximum Gasteiger partial charge on any atom is 0.170 e. The van der Waals surface area contributed by atoms with E-state index in [4.69, 9.17) is 12.2 Å². The van der Waals surface area contributed by atoms with Crippen LogP contribution in [0, 0.1) is 0 Å². The van der Waals surface area contributed by atoms with Gasteiger partial charge in [-0.1, -0.05) is 41.4 Å². The van der Waals surface area contributed by atoms with E-state index in [9.17, 15) is 0 Å². The van der Waals surface area contributed by atoms with Crippen LogP contribution in [-0.4, -0.2) is 26.1 Å². The minimum Gasteiger partial charge on any atom is -0.352 e. The molecule has 144 valence electrons. The predicted octanol–water partition coefficient (Wildman–Crippen LogP) is 5.41. The fourth-order valence-electron chi connectivity index (χ4n) is 3.79. The van der Waals surface area contributed by atoms with Gasteiger partial charge >= 0.3 is 0 Å². The van der Waals surface area contributed by atoms with Gasteiger partial charge in [0.15, 0.2) is 5.11 Å². The second-order valence-corrected chi connectivity index (χ2v) is 8.26. The van der Waals surface area contributed by atoms with Crippen molar-refractivity contribution in [2.45, 2.75) is 31.8 Å². The molecule has 0 amide bonds. The van der Waals surface area contributed by atoms with Crippen molar-refractivity contribution < 1.29 is 0 Å². The van der Waals surface area contributed by atoms with E-state index in [1.54, 1.807) is 0 Å². The lowest BCUT2D eigenvalue weighted by molar-refractivity contribution is 0.304. The molecule has 3 aromatic rings. The molecule has 2 aromatic heterocycles. The monoisotopic (exact) mass is 454 g/mol. The third-order valence-electron chi connectivity index (χ3n) is 5.12. The first-order valence-electron chi connectivity index (χ1n) is 9.60. The number of nitrogens with one attached hydrogen (secondary N) is 1. The average Bonchev–Trinajstić information content (AvgIpc) is 3.31. The first-order chi connectivity index (χ1) is 13.7. The predicted molar refractivity (Wildman–Crippen MR) is 121 cm³/mol. The van der Waals surface area contributed by atoms with Crippen LogP contribution in [0.2, 0.25) is 0 Å². The molecule has 2 unspecified atom stereocenters. The second-order valence-electron chi connectivity index (χ2n) is 6.96. The molecule has 1 aliphatic rings. The summed E-state index contributed by atoms with van der Waals surface area (Å²) in [5, 5.41) is 4.33. The van der Waals surface area contributed by atoms with Crippen LogP contribution >= 0.6 is 28.1 Å². The Bertz CT molecular complexity index is 956. The molecule has 0 aliphatic carbocycles. The Balaban J connectivity index is 1.79. The fourth-order valence-corrected chi connectivity index (χ4v) is 4.51. The van der Waals surface area contributed by atoms with E-state index >= 15 is 0 Å². The van der Waals surface area contributed by atoms with Crippen LogP contribution in [0.25, 0.3) is 5.69 Å². The smallest absolute Gasteiger partial charge is 0.170 e. The van der Waals surface area contributed by atoms with E-state index in [1.165, 1.54) is 5.69 Å². The van der Waals surface area contributed by atoms with Crippen LogP contribution < -0.4 is 5.32 Å². The Kier molecular flexibility index (Phi) is 5.78. The van der Waals surface area contributed by atoms with Crippen LogP contribution in [0.3, 0.4) is 0 Å². The zero-order valence-electron chi connectivity index (χ0n) is 15.8. The number of pyridine rings is 1. The number of rotatable bonds is 6. The van der Waals surface area contributed by atoms with Crippen LogP contribution in [-0.2, 0) is 0 Å². The SMILES string of the molecule is CCCCN1C(=S)NC(c2ccccn2)C1c1cccn1-c1cccc(Br)c1. The lowest BCUT2D eigenvalue weighted by Gasteiger charge is -2.29. The van der Waals surface area contributed by atoms with Gasteiger partial charge in [-0.15, -0.1) is 0 Å². The van der Waals surface area contributed by atoms with Crippen molar-refractivity contribution in [2.75, 3.05) is 6.54 Å². The normalized spacial score (nSPS) is 19.1. The van der Waals surface area contributed by atoms with E-state index in [-0.39, 0.29) is 12.1 Å². The molecule has 0 bridgehead atoms. The minimum atomic E-state index is 0.0198. The molecule has 1 aliphatic heterocycles. The molecule has 3 heterocycles. The first kappa shape index (κ1) is 19.2. The topological polar surface area (TPSA) is 33.1 Å². The summed E-state index contributed by atoms with van der Waals surface area (Å²) in [6, 6.07) is 18.8. The highest BCUT2D eigenvalue weighted by Crippen LogP contribution is 2.39. The van der Waals surface area contributed by atoms with Gasteiger partial charge < -0.3 is 14.8 Å². The van der Waals surface area contributed by atoms with Crippen LogP contribution in [0.1, 0.15) is 43.2 Å². The molecule has 4 nitrogen and oxygen atoms in total.